The van der Waals surface area contributed by atoms with E-state index in [-0.39, 0.29) is 10.8 Å². The van der Waals surface area contributed by atoms with Crippen LogP contribution in [-0.4, -0.2) is 11.3 Å². The normalized spacial score (nSPS) is 13.6. The lowest BCUT2D eigenvalue weighted by atomic mass is 10.1. The number of hydrogen-bond donors (Lipinski definition) is 1. The maximum absolute atomic E-state index is 9.94. The Morgan fingerprint density at radius 3 is 3.00 bits per heavy atom. The first-order valence-corrected chi connectivity index (χ1v) is 8.35. The molecule has 0 atom stereocenters. The van der Waals surface area contributed by atoms with Crippen molar-refractivity contribution >= 4 is 50.1 Å². The summed E-state index contributed by atoms with van der Waals surface area (Å²) in [6.45, 7) is 0. The Hall–Kier alpha value is -1.35. The highest BCUT2D eigenvalue weighted by Gasteiger charge is 2.21. The summed E-state index contributed by atoms with van der Waals surface area (Å²) >= 11 is 10.8. The zero-order valence-corrected chi connectivity index (χ0v) is 14.0. The molecule has 2 aromatic rings. The van der Waals surface area contributed by atoms with Gasteiger partial charge in [0.2, 0.25) is 0 Å². The number of phenolic OH excluding ortho intramolecular Hbond substituents is 1. The number of hydrogen-bond acceptors (Lipinski definition) is 4. The number of aromatic hydroxyl groups is 1. The lowest BCUT2D eigenvalue weighted by Gasteiger charge is -2.02. The molecule has 0 saturated heterocycles. The molecule has 0 saturated carbocycles. The van der Waals surface area contributed by atoms with Crippen LogP contribution >= 0.6 is 38.9 Å². The molecule has 106 valence electrons. The molecule has 3 nitrogen and oxygen atoms in total. The first-order chi connectivity index (χ1) is 10.1. The van der Waals surface area contributed by atoms with E-state index in [0.29, 0.717) is 16.1 Å². The summed E-state index contributed by atoms with van der Waals surface area (Å²) < 4.78 is 0.765. The van der Waals surface area contributed by atoms with Crippen LogP contribution in [0.3, 0.4) is 0 Å². The van der Waals surface area contributed by atoms with E-state index in [0.717, 1.165) is 29.3 Å². The fourth-order valence-corrected chi connectivity index (χ4v) is 4.43. The van der Waals surface area contributed by atoms with Gasteiger partial charge in [-0.15, -0.1) is 11.3 Å². The first-order valence-electron chi connectivity index (χ1n) is 6.37. The molecular weight excluding hydrogens is 372 g/mol. The van der Waals surface area contributed by atoms with Crippen molar-refractivity contribution in [1.82, 2.24) is 0 Å². The second-order valence-electron chi connectivity index (χ2n) is 4.73. The van der Waals surface area contributed by atoms with E-state index in [9.17, 15) is 10.4 Å². The molecule has 1 aliphatic rings. The maximum Gasteiger partial charge on any atom is 0.143 e. The number of halogens is 2. The van der Waals surface area contributed by atoms with Crippen molar-refractivity contribution in [2.75, 3.05) is 0 Å². The van der Waals surface area contributed by atoms with Crippen LogP contribution < -0.4 is 0 Å². The summed E-state index contributed by atoms with van der Waals surface area (Å²) in [6.07, 6.45) is 4.64. The van der Waals surface area contributed by atoms with Crippen LogP contribution in [0.5, 0.6) is 5.75 Å². The molecule has 1 aromatic carbocycles. The predicted octanol–water partition coefficient (Wildman–Crippen LogP) is 4.98. The van der Waals surface area contributed by atoms with E-state index >= 15 is 0 Å². The maximum atomic E-state index is 9.94. The lowest BCUT2D eigenvalue weighted by Crippen LogP contribution is -1.85. The van der Waals surface area contributed by atoms with Gasteiger partial charge < -0.3 is 5.11 Å². The molecule has 3 rings (SSSR count). The van der Waals surface area contributed by atoms with E-state index < -0.39 is 0 Å². The number of nitrogens with zero attached hydrogens (tertiary/aromatic N) is 2. The quantitative estimate of drug-likeness (QED) is 0.746. The molecule has 1 aromatic heterocycles. The monoisotopic (exact) mass is 380 g/mol. The highest BCUT2D eigenvalue weighted by molar-refractivity contribution is 9.10. The number of fused-ring (bicyclic) bond motifs is 1. The van der Waals surface area contributed by atoms with Gasteiger partial charge in [0, 0.05) is 21.1 Å². The lowest BCUT2D eigenvalue weighted by molar-refractivity contribution is 0.474. The molecule has 1 heterocycles. The number of benzene rings is 1. The van der Waals surface area contributed by atoms with E-state index in [1.165, 1.54) is 4.88 Å². The molecule has 6 heteroatoms. The predicted molar refractivity (Wildman–Crippen MR) is 89.1 cm³/mol. The Labute approximate surface area is 139 Å². The Balaban J connectivity index is 2.00. The van der Waals surface area contributed by atoms with E-state index in [1.54, 1.807) is 29.7 Å². The van der Waals surface area contributed by atoms with Gasteiger partial charge in [-0.25, -0.2) is 4.99 Å². The van der Waals surface area contributed by atoms with Crippen molar-refractivity contribution in [2.45, 2.75) is 19.3 Å². The van der Waals surface area contributed by atoms with Gasteiger partial charge in [0.1, 0.15) is 16.8 Å². The Kier molecular flexibility index (Phi) is 4.03. The molecule has 0 aliphatic heterocycles. The number of phenols is 1. The summed E-state index contributed by atoms with van der Waals surface area (Å²) in [6, 6.07) is 5.60. The topological polar surface area (TPSA) is 56.4 Å². The third-order valence-corrected chi connectivity index (χ3v) is 5.34. The van der Waals surface area contributed by atoms with Crippen molar-refractivity contribution in [3.05, 3.63) is 43.2 Å². The Bertz CT molecular complexity index is 792. The van der Waals surface area contributed by atoms with Crippen molar-refractivity contribution in [3.63, 3.8) is 0 Å². The molecule has 0 spiro atoms. The molecule has 0 fully saturated rings. The highest BCUT2D eigenvalue weighted by atomic mass is 79.9. The van der Waals surface area contributed by atoms with Crippen LogP contribution in [0.1, 0.15) is 28.0 Å². The van der Waals surface area contributed by atoms with Crippen molar-refractivity contribution < 1.29 is 5.11 Å². The second kappa shape index (κ2) is 5.80. The molecule has 1 N–H and O–H groups in total. The van der Waals surface area contributed by atoms with Crippen LogP contribution in [0.2, 0.25) is 5.02 Å². The largest absolute Gasteiger partial charge is 0.506 e. The van der Waals surface area contributed by atoms with E-state index in [4.69, 9.17) is 11.6 Å². The number of rotatable bonds is 2. The average Bonchev–Trinajstić information content (AvgIpc) is 3.01. The summed E-state index contributed by atoms with van der Waals surface area (Å²) in [7, 11) is 0. The molecule has 0 amide bonds. The third-order valence-electron chi connectivity index (χ3n) is 3.39. The zero-order valence-electron chi connectivity index (χ0n) is 10.9. The first kappa shape index (κ1) is 14.6. The van der Waals surface area contributed by atoms with Crippen LogP contribution in [0.15, 0.2) is 21.6 Å². The van der Waals surface area contributed by atoms with Crippen molar-refractivity contribution in [2.24, 2.45) is 4.99 Å². The van der Waals surface area contributed by atoms with Gasteiger partial charge in [0.25, 0.3) is 0 Å². The number of aliphatic imine (C=N–C) groups is 1. The molecule has 21 heavy (non-hydrogen) atoms. The number of nitriles is 1. The SMILES string of the molecule is N#Cc1c(/N=C/c2cc(Br)cc(Cl)c2O)sc2c1CCC2. The number of thiophene rings is 1. The van der Waals surface area contributed by atoms with E-state index in [2.05, 4.69) is 27.0 Å². The summed E-state index contributed by atoms with van der Waals surface area (Å²) in [4.78, 5) is 5.64. The summed E-state index contributed by atoms with van der Waals surface area (Å²) in [5.74, 6) is -0.00813. The molecule has 0 bridgehead atoms. The van der Waals surface area contributed by atoms with Gasteiger partial charge in [-0.1, -0.05) is 27.5 Å². The van der Waals surface area contributed by atoms with Gasteiger partial charge in [0.15, 0.2) is 0 Å². The van der Waals surface area contributed by atoms with Gasteiger partial charge >= 0.3 is 0 Å². The molecule has 0 radical (unpaired) electrons. The standard InChI is InChI=1S/C15H10BrClN2OS/c16-9-4-8(14(20)12(17)5-9)7-19-15-11(6-18)10-2-1-3-13(10)21-15/h4-5,7,20H,1-3H2/b19-7+. The van der Waals surface area contributed by atoms with Crippen LogP contribution in [-0.2, 0) is 12.8 Å². The van der Waals surface area contributed by atoms with Crippen LogP contribution in [0.4, 0.5) is 5.00 Å². The van der Waals surface area contributed by atoms with Crippen LogP contribution in [0.25, 0.3) is 0 Å². The van der Waals surface area contributed by atoms with E-state index in [1.807, 2.05) is 0 Å². The molecular formula is C15H10BrClN2OS. The van der Waals surface area contributed by atoms with Gasteiger partial charge in [-0.05, 0) is 37.0 Å². The van der Waals surface area contributed by atoms with Gasteiger partial charge in [-0.2, -0.15) is 5.26 Å². The molecule has 0 unspecified atom stereocenters. The minimum atomic E-state index is -0.00813. The Morgan fingerprint density at radius 1 is 1.43 bits per heavy atom. The van der Waals surface area contributed by atoms with Gasteiger partial charge in [-0.3, -0.25) is 0 Å². The minimum Gasteiger partial charge on any atom is -0.506 e. The average molecular weight is 382 g/mol. The van der Waals surface area contributed by atoms with Crippen molar-refractivity contribution in [3.8, 4) is 11.8 Å². The summed E-state index contributed by atoms with van der Waals surface area (Å²) in [5.41, 5.74) is 2.34. The zero-order chi connectivity index (χ0) is 15.0. The fourth-order valence-electron chi connectivity index (χ4n) is 2.41. The number of aryl methyl sites for hydroxylation is 1. The third kappa shape index (κ3) is 2.71. The fraction of sp³-hybridized carbons (Fsp3) is 0.200. The highest BCUT2D eigenvalue weighted by Crippen LogP contribution is 2.40. The Morgan fingerprint density at radius 2 is 2.24 bits per heavy atom. The van der Waals surface area contributed by atoms with Gasteiger partial charge in [0.05, 0.1) is 10.6 Å². The molecule has 1 aliphatic carbocycles. The summed E-state index contributed by atoms with van der Waals surface area (Å²) in [5, 5.41) is 20.2. The second-order valence-corrected chi connectivity index (χ2v) is 7.14. The van der Waals surface area contributed by atoms with Crippen molar-refractivity contribution in [1.29, 1.82) is 5.26 Å². The van der Waals surface area contributed by atoms with Crippen LogP contribution in [0, 0.1) is 11.3 Å². The smallest absolute Gasteiger partial charge is 0.143 e. The minimum absolute atomic E-state index is 0.00813.